The maximum Gasteiger partial charge on any atom is 0.249 e. The van der Waals surface area contributed by atoms with Gasteiger partial charge < -0.3 is 4.98 Å². The Morgan fingerprint density at radius 2 is 1.79 bits per heavy atom. The highest BCUT2D eigenvalue weighted by molar-refractivity contribution is 6.09. The normalized spacial score (nSPS) is 13.4. The van der Waals surface area contributed by atoms with Gasteiger partial charge in [-0.25, -0.2) is 8.78 Å². The molecule has 3 aromatic rings. The lowest BCUT2D eigenvalue weighted by atomic mass is 9.84. The first kappa shape index (κ1) is 29.4. The van der Waals surface area contributed by atoms with Crippen molar-refractivity contribution < 1.29 is 8.78 Å². The van der Waals surface area contributed by atoms with Gasteiger partial charge in [0.1, 0.15) is 11.6 Å². The minimum atomic E-state index is -0.460. The van der Waals surface area contributed by atoms with Gasteiger partial charge in [-0.15, -0.1) is 0 Å². The van der Waals surface area contributed by atoms with Crippen molar-refractivity contribution >= 4 is 23.7 Å². The zero-order chi connectivity index (χ0) is 28.9. The SMILES string of the molecule is C=C1c2c(F)cc(C(C)(C)C)cc2C=NN1Cc1ccc(-c2cc(/C(C=NC)=C/C)[nH]c(=O)c2)cc1F.CC. The number of aromatic nitrogens is 1. The van der Waals surface area contributed by atoms with Crippen molar-refractivity contribution in [3.05, 3.63) is 105 Å². The zero-order valence-corrected chi connectivity index (χ0v) is 23.7. The fourth-order valence-electron chi connectivity index (χ4n) is 4.25. The van der Waals surface area contributed by atoms with E-state index < -0.39 is 5.82 Å². The number of nitrogens with one attached hydrogen (secondary N) is 1. The van der Waals surface area contributed by atoms with E-state index >= 15 is 8.78 Å². The van der Waals surface area contributed by atoms with E-state index in [4.69, 9.17) is 0 Å². The molecule has 1 aliphatic heterocycles. The third-order valence-corrected chi connectivity index (χ3v) is 6.36. The molecule has 1 N–H and O–H groups in total. The minimum Gasteiger partial charge on any atom is -0.322 e. The number of hydrogen-bond donors (Lipinski definition) is 1. The van der Waals surface area contributed by atoms with E-state index in [0.29, 0.717) is 39.2 Å². The number of hydrogen-bond acceptors (Lipinski definition) is 4. The van der Waals surface area contributed by atoms with Crippen LogP contribution in [-0.2, 0) is 12.0 Å². The number of allylic oxidation sites excluding steroid dienone is 2. The van der Waals surface area contributed by atoms with Crippen LogP contribution in [0.1, 0.15) is 69.5 Å². The second-order valence-corrected chi connectivity index (χ2v) is 10.0. The predicted octanol–water partition coefficient (Wildman–Crippen LogP) is 7.57. The van der Waals surface area contributed by atoms with Gasteiger partial charge in [0.25, 0.3) is 0 Å². The molecule has 5 nitrogen and oxygen atoms in total. The van der Waals surface area contributed by atoms with Crippen LogP contribution in [0.15, 0.2) is 70.0 Å². The van der Waals surface area contributed by atoms with Crippen LogP contribution in [0.5, 0.6) is 0 Å². The molecule has 0 unspecified atom stereocenters. The molecule has 0 aliphatic carbocycles. The maximum atomic E-state index is 15.2. The Bertz CT molecular complexity index is 1520. The van der Waals surface area contributed by atoms with Crippen molar-refractivity contribution in [2.45, 2.75) is 53.5 Å². The Balaban J connectivity index is 0.00000205. The van der Waals surface area contributed by atoms with Gasteiger partial charge >= 0.3 is 0 Å². The summed E-state index contributed by atoms with van der Waals surface area (Å²) in [4.78, 5) is 19.1. The van der Waals surface area contributed by atoms with E-state index in [9.17, 15) is 4.79 Å². The van der Waals surface area contributed by atoms with Crippen LogP contribution in [-0.4, -0.2) is 29.5 Å². The number of H-pyrrole nitrogens is 1. The van der Waals surface area contributed by atoms with Gasteiger partial charge in [0, 0.05) is 41.6 Å². The average Bonchev–Trinajstić information content (AvgIpc) is 2.89. The Hall–Kier alpha value is -4.13. The number of aliphatic imine (C=N–C) groups is 1. The molecule has 204 valence electrons. The van der Waals surface area contributed by atoms with Gasteiger partial charge in [-0.3, -0.25) is 14.8 Å². The smallest absolute Gasteiger partial charge is 0.249 e. The lowest BCUT2D eigenvalue weighted by Crippen LogP contribution is -2.23. The van der Waals surface area contributed by atoms with Gasteiger partial charge in [0.15, 0.2) is 0 Å². The van der Waals surface area contributed by atoms with E-state index in [2.05, 4.69) is 21.7 Å². The maximum absolute atomic E-state index is 15.2. The molecule has 1 aliphatic rings. The standard InChI is InChI=1S/C30H30F2N4O.C2H6/c1-7-19(15-33-6)27-12-22(13-28(37)35-27)20-8-9-21(25(31)11-20)17-36-18(2)29-23(16-34-36)10-24(14-26(29)32)30(3,4)5;1-2/h7-16H,2,17H2,1,3-6H3,(H,35,37);1-2H3/b19-7+,33-15?;. The highest BCUT2D eigenvalue weighted by Crippen LogP contribution is 2.34. The van der Waals surface area contributed by atoms with Gasteiger partial charge in [0.05, 0.1) is 24.2 Å². The molecule has 0 bridgehead atoms. The number of nitrogens with zero attached hydrogens (tertiary/aromatic N) is 3. The summed E-state index contributed by atoms with van der Waals surface area (Å²) >= 11 is 0. The van der Waals surface area contributed by atoms with Crippen LogP contribution >= 0.6 is 0 Å². The molecule has 7 heteroatoms. The number of benzene rings is 2. The summed E-state index contributed by atoms with van der Waals surface area (Å²) in [5.41, 5.74) is 4.60. The number of rotatable bonds is 5. The number of halogens is 2. The number of hydrazone groups is 1. The lowest BCUT2D eigenvalue weighted by molar-refractivity contribution is 0.401. The summed E-state index contributed by atoms with van der Waals surface area (Å²) in [7, 11) is 1.65. The summed E-state index contributed by atoms with van der Waals surface area (Å²) in [5, 5.41) is 5.91. The second kappa shape index (κ2) is 12.2. The Morgan fingerprint density at radius 3 is 2.41 bits per heavy atom. The van der Waals surface area contributed by atoms with Crippen molar-refractivity contribution in [2.75, 3.05) is 7.05 Å². The number of aromatic amines is 1. The molecule has 0 saturated heterocycles. The molecule has 1 aromatic heterocycles. The van der Waals surface area contributed by atoms with Gasteiger partial charge in [-0.05, 0) is 53.3 Å². The van der Waals surface area contributed by atoms with Gasteiger partial charge in [-0.2, -0.15) is 5.10 Å². The minimum absolute atomic E-state index is 0.0810. The van der Waals surface area contributed by atoms with Crippen LogP contribution in [0.25, 0.3) is 22.4 Å². The highest BCUT2D eigenvalue weighted by Gasteiger charge is 2.25. The molecule has 0 atom stereocenters. The van der Waals surface area contributed by atoms with Crippen LogP contribution in [0.4, 0.5) is 8.78 Å². The predicted molar refractivity (Wildman–Crippen MR) is 159 cm³/mol. The molecular formula is C32H36F2N4O. The quantitative estimate of drug-likeness (QED) is 0.346. The molecule has 0 fully saturated rings. The summed E-state index contributed by atoms with van der Waals surface area (Å²) in [6.07, 6.45) is 5.07. The summed E-state index contributed by atoms with van der Waals surface area (Å²) in [6.45, 7) is 16.0. The third-order valence-electron chi connectivity index (χ3n) is 6.36. The first-order valence-corrected chi connectivity index (χ1v) is 13.0. The van der Waals surface area contributed by atoms with Crippen molar-refractivity contribution in [2.24, 2.45) is 10.1 Å². The van der Waals surface area contributed by atoms with Crippen molar-refractivity contribution in [3.63, 3.8) is 0 Å². The average molecular weight is 531 g/mol. The van der Waals surface area contributed by atoms with E-state index in [1.54, 1.807) is 37.7 Å². The van der Waals surface area contributed by atoms with Gasteiger partial charge in [0.2, 0.25) is 5.56 Å². The molecule has 2 heterocycles. The highest BCUT2D eigenvalue weighted by atomic mass is 19.1. The summed E-state index contributed by atoms with van der Waals surface area (Å²) < 4.78 is 30.3. The lowest BCUT2D eigenvalue weighted by Gasteiger charge is -2.28. The topological polar surface area (TPSA) is 60.8 Å². The Kier molecular flexibility index (Phi) is 9.17. The van der Waals surface area contributed by atoms with E-state index in [-0.39, 0.29) is 23.3 Å². The number of fused-ring (bicyclic) bond motifs is 1. The molecule has 39 heavy (non-hydrogen) atoms. The Labute approximate surface area is 229 Å². The molecule has 0 radical (unpaired) electrons. The molecule has 0 amide bonds. The fourth-order valence-corrected chi connectivity index (χ4v) is 4.25. The van der Waals surface area contributed by atoms with Gasteiger partial charge in [-0.1, -0.05) is 59.4 Å². The largest absolute Gasteiger partial charge is 0.322 e. The number of pyridine rings is 1. The third kappa shape index (κ3) is 6.48. The van der Waals surface area contributed by atoms with Crippen molar-refractivity contribution in [1.29, 1.82) is 0 Å². The monoisotopic (exact) mass is 530 g/mol. The molecular weight excluding hydrogens is 494 g/mol. The summed E-state index contributed by atoms with van der Waals surface area (Å²) in [6, 6.07) is 11.4. The van der Waals surface area contributed by atoms with Crippen molar-refractivity contribution in [1.82, 2.24) is 9.99 Å². The Morgan fingerprint density at radius 1 is 1.08 bits per heavy atom. The first-order valence-electron chi connectivity index (χ1n) is 13.0. The zero-order valence-electron chi connectivity index (χ0n) is 23.7. The first-order chi connectivity index (χ1) is 18.5. The molecule has 0 saturated carbocycles. The van der Waals surface area contributed by atoms with Crippen LogP contribution < -0.4 is 5.56 Å². The fraction of sp³-hybridized carbons (Fsp3) is 0.281. The summed E-state index contributed by atoms with van der Waals surface area (Å²) in [5.74, 6) is -0.837. The molecule has 2 aromatic carbocycles. The van der Waals surface area contributed by atoms with E-state index in [1.807, 2.05) is 53.7 Å². The second-order valence-electron chi connectivity index (χ2n) is 10.0. The van der Waals surface area contributed by atoms with Crippen LogP contribution in [0, 0.1) is 11.6 Å². The van der Waals surface area contributed by atoms with Crippen molar-refractivity contribution in [3.8, 4) is 11.1 Å². The van der Waals surface area contributed by atoms with E-state index in [0.717, 1.165) is 11.1 Å². The van der Waals surface area contributed by atoms with Crippen LogP contribution in [0.3, 0.4) is 0 Å². The molecule has 0 spiro atoms. The van der Waals surface area contributed by atoms with Crippen LogP contribution in [0.2, 0.25) is 0 Å². The van der Waals surface area contributed by atoms with E-state index in [1.165, 1.54) is 23.2 Å². The molecule has 4 rings (SSSR count).